The molecule has 0 unspecified atom stereocenters. The molecule has 1 heterocycles. The molecular weight excluding hydrogens is 266 g/mol. The Hall–Kier alpha value is -1.83. The van der Waals surface area contributed by atoms with Crippen LogP contribution < -0.4 is 27.2 Å². The number of aromatic amines is 1. The summed E-state index contributed by atoms with van der Waals surface area (Å²) in [5, 5.41) is 3.10. The molecule has 8 heteroatoms. The highest BCUT2D eigenvalue weighted by atomic mass is 32.1. The van der Waals surface area contributed by atoms with Crippen molar-refractivity contribution in [2.75, 3.05) is 24.7 Å². The summed E-state index contributed by atoms with van der Waals surface area (Å²) in [7, 11) is 3.27. The van der Waals surface area contributed by atoms with Crippen LogP contribution in [0.4, 0.5) is 11.5 Å². The van der Waals surface area contributed by atoms with E-state index in [4.69, 9.17) is 18.0 Å². The van der Waals surface area contributed by atoms with Crippen molar-refractivity contribution in [3.05, 3.63) is 20.8 Å². The molecule has 0 aromatic carbocycles. The second-order valence-corrected chi connectivity index (χ2v) is 4.50. The molecule has 0 saturated heterocycles. The number of anilines is 2. The zero-order chi connectivity index (χ0) is 14.6. The summed E-state index contributed by atoms with van der Waals surface area (Å²) in [5.74, 6) is 0.127. The van der Waals surface area contributed by atoms with Crippen LogP contribution in [0, 0.1) is 0 Å². The van der Waals surface area contributed by atoms with E-state index in [1.165, 1.54) is 9.47 Å². The normalized spacial score (nSPS) is 10.3. The molecule has 0 amide bonds. The van der Waals surface area contributed by atoms with Crippen molar-refractivity contribution in [3.8, 4) is 0 Å². The molecule has 1 rings (SSSR count). The fraction of sp³-hybridized carbons (Fsp3) is 0.545. The van der Waals surface area contributed by atoms with E-state index in [1.807, 2.05) is 6.92 Å². The molecule has 106 valence electrons. The maximum absolute atomic E-state index is 11.9. The van der Waals surface area contributed by atoms with Crippen molar-refractivity contribution in [2.45, 2.75) is 26.3 Å². The first-order chi connectivity index (χ1) is 8.93. The van der Waals surface area contributed by atoms with Crippen molar-refractivity contribution in [3.63, 3.8) is 0 Å². The van der Waals surface area contributed by atoms with Crippen LogP contribution >= 0.6 is 12.2 Å². The van der Waals surface area contributed by atoms with Gasteiger partial charge in [-0.25, -0.2) is 4.79 Å². The lowest BCUT2D eigenvalue weighted by Crippen LogP contribution is -2.42. The van der Waals surface area contributed by atoms with Crippen molar-refractivity contribution in [1.29, 1.82) is 0 Å². The van der Waals surface area contributed by atoms with E-state index in [9.17, 15) is 9.59 Å². The summed E-state index contributed by atoms with van der Waals surface area (Å²) in [6.07, 6.45) is 1.72. The molecular formula is C11H19N5O2S. The summed E-state index contributed by atoms with van der Waals surface area (Å²) in [6, 6.07) is 0. The molecule has 0 aliphatic carbocycles. The molecule has 0 atom stereocenters. The van der Waals surface area contributed by atoms with Gasteiger partial charge in [0.15, 0.2) is 5.11 Å². The minimum atomic E-state index is -0.546. The van der Waals surface area contributed by atoms with Crippen LogP contribution in [0.2, 0.25) is 0 Å². The van der Waals surface area contributed by atoms with Crippen LogP contribution in [0.1, 0.15) is 19.8 Å². The number of nitrogen functional groups attached to an aromatic ring is 1. The van der Waals surface area contributed by atoms with Gasteiger partial charge in [-0.3, -0.25) is 14.3 Å². The lowest BCUT2D eigenvalue weighted by molar-refractivity contribution is 0.605. The Morgan fingerprint density at radius 3 is 2.68 bits per heavy atom. The number of rotatable bonds is 4. The van der Waals surface area contributed by atoms with Crippen LogP contribution in [0.15, 0.2) is 9.59 Å². The molecule has 0 spiro atoms. The van der Waals surface area contributed by atoms with E-state index >= 15 is 0 Å². The van der Waals surface area contributed by atoms with Crippen LogP contribution in [0.5, 0.6) is 0 Å². The smallest absolute Gasteiger partial charge is 0.330 e. The van der Waals surface area contributed by atoms with Gasteiger partial charge in [0.1, 0.15) is 11.5 Å². The Kier molecular flexibility index (Phi) is 5.11. The number of nitrogens with one attached hydrogen (secondary N) is 2. The molecule has 0 bridgehead atoms. The van der Waals surface area contributed by atoms with Crippen LogP contribution in [0.25, 0.3) is 0 Å². The van der Waals surface area contributed by atoms with Gasteiger partial charge < -0.3 is 16.0 Å². The molecule has 4 N–H and O–H groups in total. The third-order valence-electron chi connectivity index (χ3n) is 2.80. The number of unbranched alkanes of at least 4 members (excludes halogenated alkanes) is 1. The van der Waals surface area contributed by atoms with Gasteiger partial charge in [0.05, 0.1) is 0 Å². The van der Waals surface area contributed by atoms with Crippen LogP contribution in [0.3, 0.4) is 0 Å². The van der Waals surface area contributed by atoms with Crippen molar-refractivity contribution >= 4 is 28.8 Å². The summed E-state index contributed by atoms with van der Waals surface area (Å²) in [5.41, 5.74) is 5.07. The number of nitrogens with two attached hydrogens (primary N) is 1. The minimum absolute atomic E-state index is 0.127. The Balaban J connectivity index is 3.36. The van der Waals surface area contributed by atoms with Crippen molar-refractivity contribution in [1.82, 2.24) is 14.9 Å². The van der Waals surface area contributed by atoms with Gasteiger partial charge >= 0.3 is 5.69 Å². The second-order valence-electron chi connectivity index (χ2n) is 4.11. The summed E-state index contributed by atoms with van der Waals surface area (Å²) < 4.78 is 1.36. The number of aromatic nitrogens is 2. The number of hydrogen-bond donors (Lipinski definition) is 3. The maximum Gasteiger partial charge on any atom is 0.330 e. The van der Waals surface area contributed by atoms with Crippen molar-refractivity contribution < 1.29 is 0 Å². The Morgan fingerprint density at radius 2 is 2.16 bits per heavy atom. The summed E-state index contributed by atoms with van der Waals surface area (Å²) in [6.45, 7) is 2.47. The molecule has 0 radical (unpaired) electrons. The van der Waals surface area contributed by atoms with Gasteiger partial charge in [0.25, 0.3) is 5.56 Å². The van der Waals surface area contributed by atoms with Crippen LogP contribution in [-0.4, -0.2) is 28.8 Å². The van der Waals surface area contributed by atoms with Gasteiger partial charge in [-0.15, -0.1) is 0 Å². The zero-order valence-corrected chi connectivity index (χ0v) is 12.1. The van der Waals surface area contributed by atoms with E-state index in [1.54, 1.807) is 14.1 Å². The summed E-state index contributed by atoms with van der Waals surface area (Å²) >= 11 is 5.06. The van der Waals surface area contributed by atoms with Gasteiger partial charge in [0, 0.05) is 20.6 Å². The lowest BCUT2D eigenvalue weighted by Gasteiger charge is -2.21. The SMILES string of the molecule is CCCCn1c(N)c(N(C)C(=S)NC)c(=O)[nH]c1=O. The van der Waals surface area contributed by atoms with Gasteiger partial charge in [0.2, 0.25) is 0 Å². The average molecular weight is 285 g/mol. The van der Waals surface area contributed by atoms with E-state index in [-0.39, 0.29) is 11.5 Å². The Bertz CT molecular complexity index is 577. The molecule has 0 aliphatic heterocycles. The first kappa shape index (κ1) is 15.2. The highest BCUT2D eigenvalue weighted by Gasteiger charge is 2.17. The lowest BCUT2D eigenvalue weighted by atomic mass is 10.3. The Labute approximate surface area is 116 Å². The molecule has 7 nitrogen and oxygen atoms in total. The molecule has 1 aromatic heterocycles. The van der Waals surface area contributed by atoms with E-state index < -0.39 is 11.2 Å². The third kappa shape index (κ3) is 3.14. The first-order valence-electron chi connectivity index (χ1n) is 6.02. The predicted molar refractivity (Wildman–Crippen MR) is 80.7 cm³/mol. The van der Waals surface area contributed by atoms with Crippen LogP contribution in [-0.2, 0) is 6.54 Å². The minimum Gasteiger partial charge on any atom is -0.383 e. The number of hydrogen-bond acceptors (Lipinski definition) is 4. The quantitative estimate of drug-likeness (QED) is 0.666. The molecule has 0 saturated carbocycles. The highest BCUT2D eigenvalue weighted by Crippen LogP contribution is 2.15. The standard InChI is InChI=1S/C11H19N5O2S/c1-4-5-6-16-8(12)7(9(17)14-10(16)18)15(3)11(19)13-2/h4-6,12H2,1-3H3,(H,13,19)(H,14,17,18). The predicted octanol–water partition coefficient (Wildman–Crippen LogP) is -0.141. The average Bonchev–Trinajstić information content (AvgIpc) is 2.37. The second kappa shape index (κ2) is 6.37. The fourth-order valence-corrected chi connectivity index (χ4v) is 1.80. The largest absolute Gasteiger partial charge is 0.383 e. The Morgan fingerprint density at radius 1 is 1.53 bits per heavy atom. The molecule has 0 fully saturated rings. The monoisotopic (exact) mass is 285 g/mol. The summed E-state index contributed by atoms with van der Waals surface area (Å²) in [4.78, 5) is 27.3. The van der Waals surface area contributed by atoms with Gasteiger partial charge in [-0.2, -0.15) is 0 Å². The van der Waals surface area contributed by atoms with E-state index in [0.717, 1.165) is 12.8 Å². The van der Waals surface area contributed by atoms with Gasteiger partial charge in [-0.1, -0.05) is 13.3 Å². The first-order valence-corrected chi connectivity index (χ1v) is 6.42. The maximum atomic E-state index is 11.9. The highest BCUT2D eigenvalue weighted by molar-refractivity contribution is 7.80. The molecule has 19 heavy (non-hydrogen) atoms. The molecule has 1 aromatic rings. The van der Waals surface area contributed by atoms with Crippen molar-refractivity contribution in [2.24, 2.45) is 0 Å². The van der Waals surface area contributed by atoms with Gasteiger partial charge in [-0.05, 0) is 18.6 Å². The molecule has 0 aliphatic rings. The number of H-pyrrole nitrogens is 1. The fourth-order valence-electron chi connectivity index (χ4n) is 1.71. The zero-order valence-electron chi connectivity index (χ0n) is 11.3. The van der Waals surface area contributed by atoms with E-state index in [0.29, 0.717) is 11.7 Å². The third-order valence-corrected chi connectivity index (χ3v) is 3.28. The number of thiocarbonyl (C=S) groups is 1. The van der Waals surface area contributed by atoms with E-state index in [2.05, 4.69) is 10.3 Å². The number of nitrogens with zero attached hydrogens (tertiary/aromatic N) is 2. The topological polar surface area (TPSA) is 96.2 Å².